The van der Waals surface area contributed by atoms with E-state index in [1.807, 2.05) is 13.1 Å². The van der Waals surface area contributed by atoms with Gasteiger partial charge in [-0.15, -0.1) is 24.0 Å². The highest BCUT2D eigenvalue weighted by atomic mass is 127. The van der Waals surface area contributed by atoms with E-state index < -0.39 is 10.0 Å². The molecule has 0 fully saturated rings. The molecule has 0 saturated carbocycles. The Balaban J connectivity index is 0.00000392. The average molecular weight is 525 g/mol. The third-order valence-electron chi connectivity index (χ3n) is 4.34. The summed E-state index contributed by atoms with van der Waals surface area (Å²) in [5.41, 5.74) is 1.96. The summed E-state index contributed by atoms with van der Waals surface area (Å²) in [7, 11) is -1.47. The molecule has 2 rings (SSSR count). The van der Waals surface area contributed by atoms with E-state index in [1.165, 1.54) is 22.7 Å². The molecule has 0 unspecified atom stereocenters. The van der Waals surface area contributed by atoms with Gasteiger partial charge in [-0.25, -0.2) is 17.1 Å². The quantitative estimate of drug-likeness (QED) is 0.203. The number of H-pyrrole nitrogens is 1. The Morgan fingerprint density at radius 2 is 2.00 bits per heavy atom. The molecule has 7 nitrogen and oxygen atoms in total. The van der Waals surface area contributed by atoms with Crippen molar-refractivity contribution in [1.29, 1.82) is 0 Å². The highest BCUT2D eigenvalue weighted by Gasteiger charge is 2.13. The maximum atomic E-state index is 13.4. The first-order valence-corrected chi connectivity index (χ1v) is 10.8. The van der Waals surface area contributed by atoms with Crippen LogP contribution in [0.5, 0.6) is 0 Å². The number of fused-ring (bicyclic) bond motifs is 1. The number of halogens is 2. The maximum absolute atomic E-state index is 13.4. The molecule has 1 aromatic heterocycles. The summed E-state index contributed by atoms with van der Waals surface area (Å²) in [6.45, 7) is 4.03. The number of guanidine groups is 1. The number of aliphatic imine (C=N–C) groups is 1. The number of rotatable bonds is 9. The molecular formula is C18H29FIN5O2S. The van der Waals surface area contributed by atoms with Crippen molar-refractivity contribution in [3.05, 3.63) is 35.8 Å². The highest BCUT2D eigenvalue weighted by molar-refractivity contribution is 14.0. The second-order valence-electron chi connectivity index (χ2n) is 6.29. The molecule has 0 spiro atoms. The summed E-state index contributed by atoms with van der Waals surface area (Å²) in [4.78, 5) is 7.31. The van der Waals surface area contributed by atoms with Crippen molar-refractivity contribution in [1.82, 2.24) is 19.9 Å². The maximum Gasteiger partial charge on any atom is 0.211 e. The average Bonchev–Trinajstić information content (AvgIpc) is 3.01. The first kappa shape index (κ1) is 24.6. The number of sulfonamides is 1. The molecule has 28 heavy (non-hydrogen) atoms. The Morgan fingerprint density at radius 1 is 1.29 bits per heavy atom. The van der Waals surface area contributed by atoms with Gasteiger partial charge in [0.15, 0.2) is 5.96 Å². The van der Waals surface area contributed by atoms with Crippen molar-refractivity contribution in [2.75, 3.05) is 39.5 Å². The molecular weight excluding hydrogens is 496 g/mol. The zero-order valence-electron chi connectivity index (χ0n) is 16.5. The minimum Gasteiger partial charge on any atom is -0.361 e. The summed E-state index contributed by atoms with van der Waals surface area (Å²) >= 11 is 0. The van der Waals surface area contributed by atoms with Gasteiger partial charge in [-0.05, 0) is 36.6 Å². The Labute approximate surface area is 183 Å². The fraction of sp³-hybridized carbons (Fsp3) is 0.500. The molecule has 1 aromatic carbocycles. The van der Waals surface area contributed by atoms with Crippen LogP contribution in [0.25, 0.3) is 10.9 Å². The highest BCUT2D eigenvalue weighted by Crippen LogP contribution is 2.19. The van der Waals surface area contributed by atoms with E-state index in [9.17, 15) is 12.8 Å². The number of aromatic nitrogens is 1. The van der Waals surface area contributed by atoms with Crippen molar-refractivity contribution in [2.45, 2.75) is 19.8 Å². The lowest BCUT2D eigenvalue weighted by molar-refractivity contribution is 0.424. The predicted octanol–water partition coefficient (Wildman–Crippen LogP) is 2.30. The molecule has 1 heterocycles. The molecule has 0 amide bonds. The molecule has 158 valence electrons. The molecule has 0 aliphatic carbocycles. The van der Waals surface area contributed by atoms with Gasteiger partial charge in [-0.3, -0.25) is 4.99 Å². The van der Waals surface area contributed by atoms with E-state index in [0.717, 1.165) is 22.9 Å². The summed E-state index contributed by atoms with van der Waals surface area (Å²) in [6.07, 6.45) is 4.53. The molecule has 0 bridgehead atoms. The van der Waals surface area contributed by atoms with Gasteiger partial charge in [0.25, 0.3) is 0 Å². The van der Waals surface area contributed by atoms with Crippen LogP contribution in [0.1, 0.15) is 18.9 Å². The lowest BCUT2D eigenvalue weighted by Gasteiger charge is -2.18. The molecule has 0 saturated heterocycles. The molecule has 0 aliphatic heterocycles. The van der Waals surface area contributed by atoms with Crippen LogP contribution in [0.4, 0.5) is 4.39 Å². The lowest BCUT2D eigenvalue weighted by atomic mass is 10.1. The van der Waals surface area contributed by atoms with E-state index >= 15 is 0 Å². The van der Waals surface area contributed by atoms with Gasteiger partial charge in [0.2, 0.25) is 10.0 Å². The number of hydrogen-bond donors (Lipinski definition) is 3. The lowest BCUT2D eigenvalue weighted by Crippen LogP contribution is -2.40. The summed E-state index contributed by atoms with van der Waals surface area (Å²) in [6, 6.07) is 4.71. The normalized spacial score (nSPS) is 12.2. The fourth-order valence-corrected chi connectivity index (χ4v) is 3.84. The number of hydrogen-bond acceptors (Lipinski definition) is 3. The summed E-state index contributed by atoms with van der Waals surface area (Å²) < 4.78 is 38.0. The van der Waals surface area contributed by atoms with Crippen molar-refractivity contribution in [2.24, 2.45) is 4.99 Å². The van der Waals surface area contributed by atoms with Crippen LogP contribution in [-0.2, 0) is 16.4 Å². The number of nitrogens with zero attached hydrogens (tertiary/aromatic N) is 2. The molecule has 0 radical (unpaired) electrons. The van der Waals surface area contributed by atoms with Crippen LogP contribution < -0.4 is 10.6 Å². The van der Waals surface area contributed by atoms with Gasteiger partial charge >= 0.3 is 0 Å². The van der Waals surface area contributed by atoms with Crippen molar-refractivity contribution < 1.29 is 12.8 Å². The standard InChI is InChI=1S/C18H28FN5O2S.HI/c1-4-24(27(3,25)26)11-5-9-21-18(20-2)22-10-8-14-13-23-17-7-6-15(19)12-16(14)17;/h6-7,12-13,23H,4-5,8-11H2,1-3H3,(H2,20,21,22);1H. The summed E-state index contributed by atoms with van der Waals surface area (Å²) in [5.74, 6) is 0.410. The molecule has 0 aliphatic rings. The van der Waals surface area contributed by atoms with E-state index in [1.54, 1.807) is 13.1 Å². The zero-order chi connectivity index (χ0) is 19.9. The molecule has 2 aromatic rings. The van der Waals surface area contributed by atoms with Crippen LogP contribution in [0.15, 0.2) is 29.4 Å². The van der Waals surface area contributed by atoms with Crippen molar-refractivity contribution >= 4 is 50.9 Å². The zero-order valence-corrected chi connectivity index (χ0v) is 19.6. The van der Waals surface area contributed by atoms with Crippen LogP contribution in [0.2, 0.25) is 0 Å². The van der Waals surface area contributed by atoms with Gasteiger partial charge in [0.05, 0.1) is 6.26 Å². The minimum absolute atomic E-state index is 0. The predicted molar refractivity (Wildman–Crippen MR) is 123 cm³/mol. The van der Waals surface area contributed by atoms with Crippen LogP contribution in [0, 0.1) is 5.82 Å². The second kappa shape index (κ2) is 11.6. The Kier molecular flexibility index (Phi) is 10.2. The minimum atomic E-state index is -3.15. The van der Waals surface area contributed by atoms with Crippen molar-refractivity contribution in [3.63, 3.8) is 0 Å². The van der Waals surface area contributed by atoms with Crippen LogP contribution >= 0.6 is 24.0 Å². The first-order chi connectivity index (χ1) is 12.8. The van der Waals surface area contributed by atoms with Gasteiger partial charge in [-0.1, -0.05) is 6.92 Å². The third-order valence-corrected chi connectivity index (χ3v) is 5.72. The van der Waals surface area contributed by atoms with Crippen LogP contribution in [0.3, 0.4) is 0 Å². The number of nitrogens with one attached hydrogen (secondary N) is 3. The third kappa shape index (κ3) is 7.21. The SMILES string of the molecule is CCN(CCCNC(=NC)NCCc1c[nH]c2ccc(F)cc12)S(C)(=O)=O.I. The Morgan fingerprint density at radius 3 is 2.64 bits per heavy atom. The topological polar surface area (TPSA) is 89.6 Å². The largest absolute Gasteiger partial charge is 0.361 e. The number of aromatic amines is 1. The van der Waals surface area contributed by atoms with Gasteiger partial charge in [-0.2, -0.15) is 0 Å². The van der Waals surface area contributed by atoms with Crippen molar-refractivity contribution in [3.8, 4) is 0 Å². The monoisotopic (exact) mass is 525 g/mol. The summed E-state index contributed by atoms with van der Waals surface area (Å²) in [5, 5.41) is 7.28. The van der Waals surface area contributed by atoms with E-state index in [0.29, 0.717) is 38.6 Å². The molecule has 3 N–H and O–H groups in total. The Hall–Kier alpha value is -1.40. The van der Waals surface area contributed by atoms with Crippen LogP contribution in [-0.4, -0.2) is 63.1 Å². The van der Waals surface area contributed by atoms with Gasteiger partial charge in [0, 0.05) is 50.3 Å². The van der Waals surface area contributed by atoms with E-state index in [4.69, 9.17) is 0 Å². The van der Waals surface area contributed by atoms with E-state index in [-0.39, 0.29) is 29.8 Å². The second-order valence-corrected chi connectivity index (χ2v) is 8.27. The Bertz CT molecular complexity index is 885. The van der Waals surface area contributed by atoms with Gasteiger partial charge in [0.1, 0.15) is 5.82 Å². The van der Waals surface area contributed by atoms with Gasteiger partial charge < -0.3 is 15.6 Å². The van der Waals surface area contributed by atoms with E-state index in [2.05, 4.69) is 20.6 Å². The molecule has 10 heteroatoms. The smallest absolute Gasteiger partial charge is 0.211 e. The molecule has 0 atom stereocenters. The first-order valence-electron chi connectivity index (χ1n) is 9.00. The fourth-order valence-electron chi connectivity index (χ4n) is 2.91. The number of benzene rings is 1.